The molecule has 24 heavy (non-hydrogen) atoms. The first-order valence-corrected chi connectivity index (χ1v) is 8.42. The number of hydrogen-bond donors (Lipinski definition) is 2. The number of carbonyl (C=O) groups is 1. The number of carbonyl (C=O) groups excluding carboxylic acids is 1. The van der Waals surface area contributed by atoms with Gasteiger partial charge in [-0.05, 0) is 11.1 Å². The van der Waals surface area contributed by atoms with Crippen LogP contribution in [0, 0.1) is 0 Å². The predicted octanol–water partition coefficient (Wildman–Crippen LogP) is 2.09. The molecule has 0 aromatic heterocycles. The monoisotopic (exact) mass is 325 g/mol. The van der Waals surface area contributed by atoms with E-state index in [-0.39, 0.29) is 11.8 Å². The van der Waals surface area contributed by atoms with Gasteiger partial charge < -0.3 is 15.5 Å². The summed E-state index contributed by atoms with van der Waals surface area (Å²) >= 11 is 0. The zero-order valence-electron chi connectivity index (χ0n) is 14.5. The average molecular weight is 325 g/mol. The Bertz CT molecular complexity index is 544. The minimum atomic E-state index is -0.220. The van der Waals surface area contributed by atoms with E-state index >= 15 is 0 Å². The van der Waals surface area contributed by atoms with Crippen LogP contribution in [0.2, 0.25) is 0 Å². The average Bonchev–Trinajstić information content (AvgIpc) is 2.65. The topological polar surface area (TPSA) is 44.4 Å². The molecule has 3 rings (SSSR count). The normalized spacial score (nSPS) is 13.8. The van der Waals surface area contributed by atoms with E-state index in [4.69, 9.17) is 0 Å². The Balaban J connectivity index is 0.000000292. The fourth-order valence-electron chi connectivity index (χ4n) is 2.63. The van der Waals surface area contributed by atoms with Gasteiger partial charge in [0.25, 0.3) is 0 Å². The molecule has 0 unspecified atom stereocenters. The molecule has 1 aliphatic rings. The van der Waals surface area contributed by atoms with Gasteiger partial charge in [-0.3, -0.25) is 4.79 Å². The van der Waals surface area contributed by atoms with Crippen molar-refractivity contribution in [2.75, 3.05) is 40.3 Å². The van der Waals surface area contributed by atoms with Crippen LogP contribution in [-0.4, -0.2) is 51.1 Å². The molecule has 0 radical (unpaired) electrons. The number of amides is 1. The van der Waals surface area contributed by atoms with Crippen molar-refractivity contribution < 1.29 is 4.79 Å². The number of nitrogens with zero attached hydrogens (tertiary/aromatic N) is 1. The number of rotatable bonds is 3. The minimum absolute atomic E-state index is 0.104. The van der Waals surface area contributed by atoms with E-state index in [1.54, 1.807) is 19.0 Å². The predicted molar refractivity (Wildman–Crippen MR) is 99.2 cm³/mol. The smallest absolute Gasteiger partial charge is 0.234 e. The molecule has 1 fully saturated rings. The van der Waals surface area contributed by atoms with E-state index in [0.717, 1.165) is 37.3 Å². The molecular weight excluding hydrogens is 298 g/mol. The molecule has 128 valence electrons. The quantitative estimate of drug-likeness (QED) is 0.908. The highest BCUT2D eigenvalue weighted by Gasteiger charge is 2.23. The molecule has 0 bridgehead atoms. The summed E-state index contributed by atoms with van der Waals surface area (Å²) in [4.78, 5) is 14.0. The Morgan fingerprint density at radius 3 is 1.46 bits per heavy atom. The molecule has 2 N–H and O–H groups in total. The first-order valence-electron chi connectivity index (χ1n) is 8.42. The Kier molecular flexibility index (Phi) is 7.46. The Morgan fingerprint density at radius 2 is 1.17 bits per heavy atom. The van der Waals surface area contributed by atoms with Crippen molar-refractivity contribution in [2.45, 2.75) is 5.92 Å². The SMILES string of the molecule is C1CNCCN1.CN(C)C(=O)C(c1ccccc1)c1ccccc1. The number of benzene rings is 2. The largest absolute Gasteiger partial charge is 0.348 e. The Labute approximate surface area is 144 Å². The lowest BCUT2D eigenvalue weighted by Gasteiger charge is -2.21. The number of likely N-dealkylation sites (N-methyl/N-ethyl adjacent to an activating group) is 1. The lowest BCUT2D eigenvalue weighted by Crippen LogP contribution is -2.39. The molecule has 1 amide bonds. The fourth-order valence-corrected chi connectivity index (χ4v) is 2.63. The molecular formula is C20H27N3O. The van der Waals surface area contributed by atoms with E-state index in [1.165, 1.54) is 0 Å². The lowest BCUT2D eigenvalue weighted by molar-refractivity contribution is -0.129. The fraction of sp³-hybridized carbons (Fsp3) is 0.350. The molecule has 0 saturated carbocycles. The van der Waals surface area contributed by atoms with Gasteiger partial charge in [-0.2, -0.15) is 0 Å². The summed E-state index contributed by atoms with van der Waals surface area (Å²) in [7, 11) is 3.59. The van der Waals surface area contributed by atoms with Gasteiger partial charge in [0.05, 0.1) is 5.92 Å². The number of piperazine rings is 1. The van der Waals surface area contributed by atoms with Crippen LogP contribution in [0.4, 0.5) is 0 Å². The van der Waals surface area contributed by atoms with Gasteiger partial charge in [0.1, 0.15) is 0 Å². The molecule has 2 aromatic carbocycles. The van der Waals surface area contributed by atoms with E-state index in [0.29, 0.717) is 0 Å². The van der Waals surface area contributed by atoms with Crippen molar-refractivity contribution in [2.24, 2.45) is 0 Å². The van der Waals surface area contributed by atoms with Crippen LogP contribution < -0.4 is 10.6 Å². The van der Waals surface area contributed by atoms with Crippen molar-refractivity contribution >= 4 is 5.91 Å². The molecule has 0 atom stereocenters. The third kappa shape index (κ3) is 5.48. The first-order chi connectivity index (χ1) is 11.7. The van der Waals surface area contributed by atoms with Crippen molar-refractivity contribution in [3.05, 3.63) is 71.8 Å². The maximum atomic E-state index is 12.4. The van der Waals surface area contributed by atoms with Crippen molar-refractivity contribution in [3.8, 4) is 0 Å². The molecule has 4 nitrogen and oxygen atoms in total. The molecule has 0 aliphatic carbocycles. The zero-order valence-corrected chi connectivity index (χ0v) is 14.5. The molecule has 4 heteroatoms. The second-order valence-electron chi connectivity index (χ2n) is 5.99. The van der Waals surface area contributed by atoms with E-state index in [9.17, 15) is 4.79 Å². The third-order valence-electron chi connectivity index (χ3n) is 3.91. The third-order valence-corrected chi connectivity index (χ3v) is 3.91. The van der Waals surface area contributed by atoms with Crippen molar-refractivity contribution in [1.82, 2.24) is 15.5 Å². The van der Waals surface area contributed by atoms with E-state index in [1.807, 2.05) is 60.7 Å². The number of nitrogens with one attached hydrogen (secondary N) is 2. The van der Waals surface area contributed by atoms with Crippen molar-refractivity contribution in [3.63, 3.8) is 0 Å². The molecule has 1 heterocycles. The van der Waals surface area contributed by atoms with Crippen molar-refractivity contribution in [1.29, 1.82) is 0 Å². The van der Waals surface area contributed by atoms with Crippen LogP contribution in [0.15, 0.2) is 60.7 Å². The highest BCUT2D eigenvalue weighted by Crippen LogP contribution is 2.25. The van der Waals surface area contributed by atoms with Gasteiger partial charge in [0.15, 0.2) is 0 Å². The second-order valence-corrected chi connectivity index (χ2v) is 5.99. The highest BCUT2D eigenvalue weighted by atomic mass is 16.2. The van der Waals surface area contributed by atoms with Gasteiger partial charge in [0.2, 0.25) is 5.91 Å². The van der Waals surface area contributed by atoms with Crippen LogP contribution in [0.25, 0.3) is 0 Å². The molecule has 0 spiro atoms. The van der Waals surface area contributed by atoms with E-state index < -0.39 is 0 Å². The first kappa shape index (κ1) is 18.2. The maximum Gasteiger partial charge on any atom is 0.234 e. The minimum Gasteiger partial charge on any atom is -0.348 e. The van der Waals surface area contributed by atoms with Gasteiger partial charge in [-0.1, -0.05) is 60.7 Å². The Hall–Kier alpha value is -2.17. The molecule has 2 aromatic rings. The van der Waals surface area contributed by atoms with Crippen LogP contribution in [0.5, 0.6) is 0 Å². The summed E-state index contributed by atoms with van der Waals surface area (Å²) in [5.74, 6) is -0.116. The summed E-state index contributed by atoms with van der Waals surface area (Å²) in [5.41, 5.74) is 2.06. The van der Waals surface area contributed by atoms with Gasteiger partial charge in [-0.15, -0.1) is 0 Å². The second kappa shape index (κ2) is 9.85. The van der Waals surface area contributed by atoms with Crippen LogP contribution in [-0.2, 0) is 4.79 Å². The van der Waals surface area contributed by atoms with Gasteiger partial charge in [0, 0.05) is 40.3 Å². The lowest BCUT2D eigenvalue weighted by atomic mass is 9.90. The van der Waals surface area contributed by atoms with Gasteiger partial charge >= 0.3 is 0 Å². The number of hydrogen-bond acceptors (Lipinski definition) is 3. The highest BCUT2D eigenvalue weighted by molar-refractivity contribution is 5.86. The van der Waals surface area contributed by atoms with Crippen LogP contribution in [0.1, 0.15) is 17.0 Å². The maximum absolute atomic E-state index is 12.4. The molecule has 1 saturated heterocycles. The van der Waals surface area contributed by atoms with E-state index in [2.05, 4.69) is 10.6 Å². The summed E-state index contributed by atoms with van der Waals surface area (Å²) in [6.45, 7) is 4.56. The van der Waals surface area contributed by atoms with Crippen LogP contribution >= 0.6 is 0 Å². The summed E-state index contributed by atoms with van der Waals surface area (Å²) in [6.07, 6.45) is 0. The zero-order chi connectivity index (χ0) is 17.2. The van der Waals surface area contributed by atoms with Gasteiger partial charge in [-0.25, -0.2) is 0 Å². The summed E-state index contributed by atoms with van der Waals surface area (Å²) in [5, 5.41) is 6.44. The summed E-state index contributed by atoms with van der Waals surface area (Å²) < 4.78 is 0. The standard InChI is InChI=1S/C16H17NO.C4H10N2/c1-17(2)16(18)15(13-9-5-3-6-10-13)14-11-7-4-8-12-14;1-2-6-4-3-5-1/h3-12,15H,1-2H3;5-6H,1-4H2. The van der Waals surface area contributed by atoms with Crippen LogP contribution in [0.3, 0.4) is 0 Å². The Morgan fingerprint density at radius 1 is 0.792 bits per heavy atom. The summed E-state index contributed by atoms with van der Waals surface area (Å²) in [6, 6.07) is 19.8. The molecule has 1 aliphatic heterocycles.